The number of fused-ring (bicyclic) bond motifs is 2. The highest BCUT2D eigenvalue weighted by Crippen LogP contribution is 2.36. The number of hydrogen-bond donors (Lipinski definition) is 1. The van der Waals surface area contributed by atoms with Crippen LogP contribution in [-0.2, 0) is 20.7 Å². The van der Waals surface area contributed by atoms with Crippen molar-refractivity contribution in [3.05, 3.63) is 35.4 Å². The van der Waals surface area contributed by atoms with Crippen LogP contribution in [0.3, 0.4) is 0 Å². The van der Waals surface area contributed by atoms with E-state index in [2.05, 4.69) is 10.1 Å². The first-order valence-electron chi connectivity index (χ1n) is 7.54. The summed E-state index contributed by atoms with van der Waals surface area (Å²) in [6, 6.07) is 7.78. The summed E-state index contributed by atoms with van der Waals surface area (Å²) in [7, 11) is 0. The predicted octanol–water partition coefficient (Wildman–Crippen LogP) is 2.18. The highest BCUT2D eigenvalue weighted by molar-refractivity contribution is 5.82. The fourth-order valence-electron chi connectivity index (χ4n) is 3.06. The third-order valence-corrected chi connectivity index (χ3v) is 4.07. The molecule has 3 rings (SSSR count). The Morgan fingerprint density at radius 3 is 2.61 bits per heavy atom. The van der Waals surface area contributed by atoms with E-state index >= 15 is 0 Å². The molecule has 1 aromatic carbocycles. The number of morpholine rings is 1. The van der Waals surface area contributed by atoms with E-state index in [1.807, 2.05) is 24.3 Å². The third-order valence-electron chi connectivity index (χ3n) is 4.07. The van der Waals surface area contributed by atoms with Crippen molar-refractivity contribution in [2.75, 3.05) is 19.8 Å². The molecule has 0 unspecified atom stereocenters. The molecule has 126 valence electrons. The number of rotatable bonds is 6. The lowest BCUT2D eigenvalue weighted by Crippen LogP contribution is -2.33. The number of carbonyl (C=O) groups excluding carboxylic acids is 1. The highest BCUT2D eigenvalue weighted by Gasteiger charge is 2.41. The maximum atomic E-state index is 11.9. The molecule has 1 N–H and O–H groups in total. The van der Waals surface area contributed by atoms with E-state index in [-0.39, 0.29) is 24.4 Å². The Morgan fingerprint density at radius 2 is 2.04 bits per heavy atom. The van der Waals surface area contributed by atoms with Gasteiger partial charge in [0.15, 0.2) is 5.78 Å². The topological polar surface area (TPSA) is 47.6 Å². The summed E-state index contributed by atoms with van der Waals surface area (Å²) in [6.45, 7) is -1.03. The quantitative estimate of drug-likeness (QED) is 0.869. The molecule has 0 spiro atoms. The first-order valence-corrected chi connectivity index (χ1v) is 7.54. The van der Waals surface area contributed by atoms with E-state index in [1.54, 1.807) is 0 Å². The minimum absolute atomic E-state index is 0.0358. The molecular formula is C16H18F3NO3. The lowest BCUT2D eigenvalue weighted by Gasteiger charge is -2.23. The second-order valence-corrected chi connectivity index (χ2v) is 5.99. The third kappa shape index (κ3) is 4.31. The van der Waals surface area contributed by atoms with Gasteiger partial charge in [-0.05, 0) is 17.5 Å². The molecule has 2 bridgehead atoms. The van der Waals surface area contributed by atoms with E-state index in [0.29, 0.717) is 6.04 Å². The van der Waals surface area contributed by atoms with E-state index in [4.69, 9.17) is 4.74 Å². The summed E-state index contributed by atoms with van der Waals surface area (Å²) >= 11 is 0. The van der Waals surface area contributed by atoms with Crippen LogP contribution >= 0.6 is 0 Å². The summed E-state index contributed by atoms with van der Waals surface area (Å²) in [5, 5.41) is 3.40. The minimum atomic E-state index is -4.41. The van der Waals surface area contributed by atoms with Gasteiger partial charge in [-0.2, -0.15) is 13.2 Å². The van der Waals surface area contributed by atoms with Crippen LogP contribution < -0.4 is 5.32 Å². The number of hydrogen-bond acceptors (Lipinski definition) is 4. The van der Waals surface area contributed by atoms with Crippen LogP contribution in [0.5, 0.6) is 0 Å². The maximum absolute atomic E-state index is 11.9. The van der Waals surface area contributed by atoms with Crippen LogP contribution in [0.4, 0.5) is 13.2 Å². The number of benzene rings is 1. The molecule has 0 radical (unpaired) electrons. The minimum Gasteiger partial charge on any atom is -0.367 e. The van der Waals surface area contributed by atoms with E-state index < -0.39 is 19.4 Å². The first-order chi connectivity index (χ1) is 10.9. The summed E-state index contributed by atoms with van der Waals surface area (Å²) in [5.41, 5.74) is 1.81. The van der Waals surface area contributed by atoms with Gasteiger partial charge in [0.1, 0.15) is 13.2 Å². The smallest absolute Gasteiger partial charge is 0.367 e. The van der Waals surface area contributed by atoms with Gasteiger partial charge in [0.25, 0.3) is 0 Å². The molecule has 2 fully saturated rings. The fraction of sp³-hybridized carbons (Fsp3) is 0.562. The zero-order valence-corrected chi connectivity index (χ0v) is 12.4. The predicted molar refractivity (Wildman–Crippen MR) is 76.0 cm³/mol. The van der Waals surface area contributed by atoms with Gasteiger partial charge in [-0.15, -0.1) is 0 Å². The van der Waals surface area contributed by atoms with Crippen molar-refractivity contribution in [1.82, 2.24) is 5.32 Å². The number of ether oxygens (including phenoxy) is 2. The molecule has 0 saturated carbocycles. The lowest BCUT2D eigenvalue weighted by molar-refractivity contribution is -0.175. The summed E-state index contributed by atoms with van der Waals surface area (Å²) in [5.74, 6) is -0.375. The molecule has 0 aliphatic carbocycles. The molecule has 2 aliphatic heterocycles. The number of Topliss-reactive ketones (excluding diaryl/α,β-unsaturated/α-hetero) is 1. The average molecular weight is 329 g/mol. The lowest BCUT2D eigenvalue weighted by atomic mass is 10.00. The van der Waals surface area contributed by atoms with Crippen molar-refractivity contribution in [2.24, 2.45) is 0 Å². The summed E-state index contributed by atoms with van der Waals surface area (Å²) in [6.07, 6.45) is -3.02. The van der Waals surface area contributed by atoms with Gasteiger partial charge in [0, 0.05) is 19.0 Å². The zero-order valence-electron chi connectivity index (χ0n) is 12.4. The Balaban J connectivity index is 1.49. The Hall–Kier alpha value is -1.44. The van der Waals surface area contributed by atoms with Gasteiger partial charge >= 0.3 is 6.18 Å². The first kappa shape index (κ1) is 16.4. The Bertz CT molecular complexity index is 559. The standard InChI is InChI=1S/C16H18F3NO3/c17-16(18,19)9-22-8-12(21)5-10-1-3-11(4-2-10)15-14-6-13(23-15)7-20-14/h1-4,13-15,20H,5-9H2/t13-,14-,15+/m1/s1. The molecule has 4 nitrogen and oxygen atoms in total. The largest absolute Gasteiger partial charge is 0.411 e. The van der Waals surface area contributed by atoms with Gasteiger partial charge in [-0.3, -0.25) is 4.79 Å². The monoisotopic (exact) mass is 329 g/mol. The fourth-order valence-corrected chi connectivity index (χ4v) is 3.06. The Morgan fingerprint density at radius 1 is 1.30 bits per heavy atom. The molecule has 2 aliphatic rings. The molecule has 0 amide bonds. The van der Waals surface area contributed by atoms with Gasteiger partial charge in [-0.25, -0.2) is 0 Å². The van der Waals surface area contributed by atoms with Gasteiger partial charge in [0.2, 0.25) is 0 Å². The van der Waals surface area contributed by atoms with Crippen molar-refractivity contribution in [1.29, 1.82) is 0 Å². The Labute approximate surface area is 132 Å². The normalized spacial score (nSPS) is 26.7. The van der Waals surface area contributed by atoms with Crippen molar-refractivity contribution in [3.8, 4) is 0 Å². The molecule has 2 saturated heterocycles. The number of carbonyl (C=O) groups is 1. The molecule has 2 heterocycles. The van der Waals surface area contributed by atoms with Crippen LogP contribution in [-0.4, -0.2) is 43.9 Å². The summed E-state index contributed by atoms with van der Waals surface area (Å²) < 4.78 is 46.1. The molecule has 0 aromatic heterocycles. The van der Waals surface area contributed by atoms with Crippen LogP contribution in [0, 0.1) is 0 Å². The van der Waals surface area contributed by atoms with Crippen molar-refractivity contribution >= 4 is 5.78 Å². The van der Waals surface area contributed by atoms with Gasteiger partial charge in [-0.1, -0.05) is 24.3 Å². The van der Waals surface area contributed by atoms with E-state index in [1.165, 1.54) is 0 Å². The molecule has 3 atom stereocenters. The zero-order chi connectivity index (χ0) is 16.4. The molecule has 23 heavy (non-hydrogen) atoms. The highest BCUT2D eigenvalue weighted by atomic mass is 19.4. The van der Waals surface area contributed by atoms with E-state index in [0.717, 1.165) is 24.1 Å². The average Bonchev–Trinajstić information content (AvgIpc) is 3.09. The van der Waals surface area contributed by atoms with Gasteiger partial charge in [0.05, 0.1) is 12.2 Å². The van der Waals surface area contributed by atoms with Gasteiger partial charge < -0.3 is 14.8 Å². The van der Waals surface area contributed by atoms with Crippen LogP contribution in [0.2, 0.25) is 0 Å². The Kier molecular flexibility index (Phi) is 4.70. The van der Waals surface area contributed by atoms with Crippen molar-refractivity contribution in [3.63, 3.8) is 0 Å². The summed E-state index contributed by atoms with van der Waals surface area (Å²) in [4.78, 5) is 11.6. The van der Waals surface area contributed by atoms with Crippen LogP contribution in [0.1, 0.15) is 23.7 Å². The number of alkyl halides is 3. The number of ketones is 1. The SMILES string of the molecule is O=C(COCC(F)(F)F)Cc1ccc([C@@H]2O[C@H]3CN[C@@H]2C3)cc1. The number of nitrogens with one attached hydrogen (secondary N) is 1. The van der Waals surface area contributed by atoms with E-state index in [9.17, 15) is 18.0 Å². The second-order valence-electron chi connectivity index (χ2n) is 5.99. The van der Waals surface area contributed by atoms with Crippen molar-refractivity contribution in [2.45, 2.75) is 37.3 Å². The molecule has 7 heteroatoms. The van der Waals surface area contributed by atoms with Crippen LogP contribution in [0.25, 0.3) is 0 Å². The van der Waals surface area contributed by atoms with Crippen molar-refractivity contribution < 1.29 is 27.4 Å². The molecular weight excluding hydrogens is 311 g/mol. The second kappa shape index (κ2) is 6.59. The molecule has 1 aromatic rings. The van der Waals surface area contributed by atoms with Crippen LogP contribution in [0.15, 0.2) is 24.3 Å². The maximum Gasteiger partial charge on any atom is 0.411 e. The number of halogens is 3.